The minimum atomic E-state index is -3.74. The van der Waals surface area contributed by atoms with Gasteiger partial charge in [0.2, 0.25) is 5.88 Å². The Morgan fingerprint density at radius 2 is 1.88 bits per heavy atom. The van der Waals surface area contributed by atoms with Crippen LogP contribution in [0.3, 0.4) is 0 Å². The minimum absolute atomic E-state index is 0.0401. The highest BCUT2D eigenvalue weighted by Crippen LogP contribution is 2.36. The van der Waals surface area contributed by atoms with E-state index in [0.29, 0.717) is 22.6 Å². The van der Waals surface area contributed by atoms with Crippen molar-refractivity contribution in [3.05, 3.63) is 41.4 Å². The van der Waals surface area contributed by atoms with Crippen molar-refractivity contribution < 1.29 is 22.4 Å². The zero-order valence-electron chi connectivity index (χ0n) is 13.8. The number of sulfonamides is 1. The molecular weight excluding hydrogens is 364 g/mol. The molecule has 3 aromatic rings. The van der Waals surface area contributed by atoms with Crippen LogP contribution in [0.15, 0.2) is 45.3 Å². The van der Waals surface area contributed by atoms with E-state index in [0.717, 1.165) is 4.88 Å². The Morgan fingerprint density at radius 1 is 1.12 bits per heavy atom. The Morgan fingerprint density at radius 3 is 2.52 bits per heavy atom. The number of hydrogen-bond acceptors (Lipinski definition) is 7. The first-order valence-electron chi connectivity index (χ1n) is 7.21. The first-order chi connectivity index (χ1) is 11.9. The van der Waals surface area contributed by atoms with Gasteiger partial charge in [-0.1, -0.05) is 11.2 Å². The van der Waals surface area contributed by atoms with Crippen LogP contribution < -0.4 is 14.2 Å². The standard InChI is InChI=1S/C16H16N2O5S2/c1-10-4-7-15(24-10)25(19,20)18-16-12(9-17-23-16)11-5-6-13(21-2)14(8-11)22-3/h4-9,18H,1-3H3. The van der Waals surface area contributed by atoms with E-state index in [1.807, 2.05) is 6.92 Å². The van der Waals surface area contributed by atoms with Gasteiger partial charge in [-0.05, 0) is 36.8 Å². The Balaban J connectivity index is 1.96. The Bertz CT molecular complexity index is 992. The molecular formula is C16H16N2O5S2. The number of aryl methyl sites for hydroxylation is 1. The van der Waals surface area contributed by atoms with Crippen LogP contribution >= 0.6 is 11.3 Å². The summed E-state index contributed by atoms with van der Waals surface area (Å²) in [6.45, 7) is 1.84. The van der Waals surface area contributed by atoms with E-state index in [9.17, 15) is 8.42 Å². The molecule has 0 bridgehead atoms. The molecule has 0 amide bonds. The lowest BCUT2D eigenvalue weighted by atomic mass is 10.1. The van der Waals surface area contributed by atoms with Crippen molar-refractivity contribution in [2.45, 2.75) is 11.1 Å². The van der Waals surface area contributed by atoms with Gasteiger partial charge in [0.1, 0.15) is 4.21 Å². The van der Waals surface area contributed by atoms with E-state index in [1.54, 1.807) is 37.4 Å². The van der Waals surface area contributed by atoms with E-state index in [1.165, 1.54) is 24.6 Å². The van der Waals surface area contributed by atoms with Crippen LogP contribution in [0.2, 0.25) is 0 Å². The van der Waals surface area contributed by atoms with Crippen molar-refractivity contribution in [2.24, 2.45) is 0 Å². The largest absolute Gasteiger partial charge is 0.493 e. The second-order valence-corrected chi connectivity index (χ2v) is 8.31. The summed E-state index contributed by atoms with van der Waals surface area (Å²) in [6.07, 6.45) is 1.44. The van der Waals surface area contributed by atoms with Crippen molar-refractivity contribution in [1.29, 1.82) is 0 Å². The maximum Gasteiger partial charge on any atom is 0.273 e. The van der Waals surface area contributed by atoms with Gasteiger partial charge in [0, 0.05) is 4.88 Å². The van der Waals surface area contributed by atoms with Gasteiger partial charge in [-0.15, -0.1) is 11.3 Å². The van der Waals surface area contributed by atoms with E-state index < -0.39 is 10.0 Å². The maximum atomic E-state index is 12.5. The first kappa shape index (κ1) is 17.3. The molecule has 0 fully saturated rings. The normalized spacial score (nSPS) is 11.3. The highest BCUT2D eigenvalue weighted by Gasteiger charge is 2.22. The molecule has 0 saturated heterocycles. The number of aromatic nitrogens is 1. The van der Waals surface area contributed by atoms with Gasteiger partial charge in [-0.25, -0.2) is 13.1 Å². The molecule has 7 nitrogen and oxygen atoms in total. The summed E-state index contributed by atoms with van der Waals surface area (Å²) in [4.78, 5) is 0.901. The second kappa shape index (κ2) is 6.77. The van der Waals surface area contributed by atoms with Crippen molar-refractivity contribution in [3.8, 4) is 22.6 Å². The first-order valence-corrected chi connectivity index (χ1v) is 9.51. The fourth-order valence-corrected chi connectivity index (χ4v) is 4.54. The molecule has 1 N–H and O–H groups in total. The van der Waals surface area contributed by atoms with Crippen LogP contribution in [0.5, 0.6) is 11.5 Å². The van der Waals surface area contributed by atoms with Crippen molar-refractivity contribution in [2.75, 3.05) is 18.9 Å². The van der Waals surface area contributed by atoms with Gasteiger partial charge in [-0.3, -0.25) is 0 Å². The summed E-state index contributed by atoms with van der Waals surface area (Å²) < 4.78 is 43.2. The molecule has 132 valence electrons. The number of benzene rings is 1. The lowest BCUT2D eigenvalue weighted by molar-refractivity contribution is 0.355. The van der Waals surface area contributed by atoms with E-state index in [4.69, 9.17) is 14.0 Å². The predicted octanol–water partition coefficient (Wildman–Crippen LogP) is 3.53. The van der Waals surface area contributed by atoms with Crippen LogP contribution in [0, 0.1) is 6.92 Å². The van der Waals surface area contributed by atoms with Crippen LogP contribution in [0.1, 0.15) is 4.88 Å². The smallest absolute Gasteiger partial charge is 0.273 e. The summed E-state index contributed by atoms with van der Waals surface area (Å²) in [5.41, 5.74) is 1.18. The lowest BCUT2D eigenvalue weighted by Gasteiger charge is -2.09. The summed E-state index contributed by atoms with van der Waals surface area (Å²) in [6, 6.07) is 8.51. The molecule has 3 rings (SSSR count). The van der Waals surface area contributed by atoms with Crippen LogP contribution in [-0.4, -0.2) is 27.8 Å². The molecule has 0 spiro atoms. The minimum Gasteiger partial charge on any atom is -0.493 e. The fourth-order valence-electron chi connectivity index (χ4n) is 2.25. The zero-order chi connectivity index (χ0) is 18.0. The van der Waals surface area contributed by atoms with Gasteiger partial charge >= 0.3 is 0 Å². The number of nitrogens with one attached hydrogen (secondary N) is 1. The second-order valence-electron chi connectivity index (χ2n) is 5.11. The summed E-state index contributed by atoms with van der Waals surface area (Å²) >= 11 is 1.18. The molecule has 9 heteroatoms. The third kappa shape index (κ3) is 3.47. The van der Waals surface area contributed by atoms with Gasteiger partial charge in [0.25, 0.3) is 10.0 Å². The average Bonchev–Trinajstić information content (AvgIpc) is 3.23. The third-order valence-corrected chi connectivity index (χ3v) is 6.30. The number of anilines is 1. The number of thiophene rings is 1. The molecule has 0 aliphatic rings. The van der Waals surface area contributed by atoms with Crippen LogP contribution in [0.4, 0.5) is 5.88 Å². The molecule has 0 radical (unpaired) electrons. The highest BCUT2D eigenvalue weighted by atomic mass is 32.2. The highest BCUT2D eigenvalue weighted by molar-refractivity contribution is 7.94. The van der Waals surface area contributed by atoms with Crippen LogP contribution in [-0.2, 0) is 10.0 Å². The van der Waals surface area contributed by atoms with E-state index in [2.05, 4.69) is 9.88 Å². The predicted molar refractivity (Wildman–Crippen MR) is 94.9 cm³/mol. The molecule has 1 aromatic carbocycles. The number of rotatable bonds is 6. The number of nitrogens with zero attached hydrogens (tertiary/aromatic N) is 1. The zero-order valence-corrected chi connectivity index (χ0v) is 15.4. The number of methoxy groups -OCH3 is 2. The Labute approximate surface area is 149 Å². The summed E-state index contributed by atoms with van der Waals surface area (Å²) in [7, 11) is -0.676. The van der Waals surface area contributed by atoms with Crippen LogP contribution in [0.25, 0.3) is 11.1 Å². The Hall–Kier alpha value is -2.52. The molecule has 0 unspecified atom stereocenters. The topological polar surface area (TPSA) is 90.7 Å². The van der Waals surface area contributed by atoms with Crippen molar-refractivity contribution in [3.63, 3.8) is 0 Å². The molecule has 2 aromatic heterocycles. The molecule has 25 heavy (non-hydrogen) atoms. The Kier molecular flexibility index (Phi) is 4.69. The quantitative estimate of drug-likeness (QED) is 0.703. The molecule has 2 heterocycles. The van der Waals surface area contributed by atoms with E-state index >= 15 is 0 Å². The number of ether oxygens (including phenoxy) is 2. The maximum absolute atomic E-state index is 12.5. The SMILES string of the molecule is COc1ccc(-c2cnoc2NS(=O)(=O)c2ccc(C)s2)cc1OC. The third-order valence-electron chi connectivity index (χ3n) is 3.47. The summed E-state index contributed by atoms with van der Waals surface area (Å²) in [5, 5.41) is 3.71. The van der Waals surface area contributed by atoms with Crippen molar-refractivity contribution >= 4 is 27.2 Å². The molecule has 0 aliphatic carbocycles. The number of hydrogen-bond donors (Lipinski definition) is 1. The van der Waals surface area contributed by atoms with Gasteiger partial charge in [-0.2, -0.15) is 0 Å². The molecule has 0 saturated carbocycles. The average molecular weight is 380 g/mol. The monoisotopic (exact) mass is 380 g/mol. The van der Waals surface area contributed by atoms with Crippen molar-refractivity contribution in [1.82, 2.24) is 5.16 Å². The lowest BCUT2D eigenvalue weighted by Crippen LogP contribution is -2.11. The van der Waals surface area contributed by atoms with E-state index in [-0.39, 0.29) is 10.1 Å². The van der Waals surface area contributed by atoms with Gasteiger partial charge in [0.05, 0.1) is 26.0 Å². The molecule has 0 atom stereocenters. The summed E-state index contributed by atoms with van der Waals surface area (Å²) in [5.74, 6) is 1.13. The van der Waals surface area contributed by atoms with Gasteiger partial charge in [0.15, 0.2) is 11.5 Å². The molecule has 0 aliphatic heterocycles. The van der Waals surface area contributed by atoms with Gasteiger partial charge < -0.3 is 14.0 Å². The fraction of sp³-hybridized carbons (Fsp3) is 0.188.